The van der Waals surface area contributed by atoms with Crippen molar-refractivity contribution in [1.82, 2.24) is 0 Å². The average molecular weight is 936 g/mol. The highest BCUT2D eigenvalue weighted by molar-refractivity contribution is 5.70. The zero-order valence-corrected chi connectivity index (χ0v) is 43.2. The monoisotopic (exact) mass is 936 g/mol. The number of nitrogens with zero attached hydrogens (tertiary/aromatic N) is 1. The van der Waals surface area contributed by atoms with E-state index in [4.69, 9.17) is 18.9 Å². The number of likely N-dealkylation sites (N-methyl/N-ethyl adjacent to an activating group) is 1. The third-order valence-electron chi connectivity index (χ3n) is 10.8. The molecule has 67 heavy (non-hydrogen) atoms. The molecule has 9 nitrogen and oxygen atoms in total. The van der Waals surface area contributed by atoms with Gasteiger partial charge in [-0.1, -0.05) is 201 Å². The molecule has 0 aromatic carbocycles. The lowest BCUT2D eigenvalue weighted by molar-refractivity contribution is -0.870. The SMILES string of the molecule is CC/C=C\C/C=C\C/C=C\C/C=C\C/C=C\C/C=C\C/C=C\C/C=C\CCCCC(=O)OC(COC(=O)CCCCCCCCCCCCCCCCC)COC(OCC[N+](C)(C)C)C(=O)[O-]. The first kappa shape index (κ1) is 63.2. The maximum Gasteiger partial charge on any atom is 0.306 e. The zero-order chi connectivity index (χ0) is 49.2. The van der Waals surface area contributed by atoms with Crippen molar-refractivity contribution < 1.29 is 42.9 Å². The van der Waals surface area contributed by atoms with Gasteiger partial charge < -0.3 is 33.3 Å². The van der Waals surface area contributed by atoms with Gasteiger partial charge in [0.15, 0.2) is 12.4 Å². The Kier molecular flexibility index (Phi) is 45.9. The van der Waals surface area contributed by atoms with Crippen molar-refractivity contribution in [2.45, 2.75) is 206 Å². The van der Waals surface area contributed by atoms with E-state index in [2.05, 4.69) is 111 Å². The molecule has 0 aliphatic carbocycles. The molecule has 0 aliphatic heterocycles. The van der Waals surface area contributed by atoms with Crippen molar-refractivity contribution in [3.8, 4) is 0 Å². The second-order valence-corrected chi connectivity index (χ2v) is 18.4. The second-order valence-electron chi connectivity index (χ2n) is 18.4. The number of quaternary nitrogens is 1. The van der Waals surface area contributed by atoms with Gasteiger partial charge in [-0.3, -0.25) is 9.59 Å². The van der Waals surface area contributed by atoms with Crippen LogP contribution in [0.1, 0.15) is 194 Å². The van der Waals surface area contributed by atoms with Crippen LogP contribution in [0.15, 0.2) is 97.2 Å². The average Bonchev–Trinajstić information content (AvgIpc) is 3.29. The molecule has 0 aliphatic rings. The number of aliphatic carboxylic acids is 1. The molecule has 0 aromatic rings. The molecule has 0 spiro atoms. The summed E-state index contributed by atoms with van der Waals surface area (Å²) >= 11 is 0. The fraction of sp³-hybridized carbons (Fsp3) is 0.672. The van der Waals surface area contributed by atoms with Gasteiger partial charge >= 0.3 is 11.9 Å². The lowest BCUT2D eigenvalue weighted by Gasteiger charge is -2.26. The standard InChI is InChI=1S/C58H97NO8/c1-6-8-10-12-14-16-18-20-22-23-24-25-26-27-28-29-30-31-32-33-35-37-39-41-43-45-47-49-56(61)67-54(53-66-58(57(62)63)64-51-50-59(3,4)5)52-65-55(60)48-46-44-42-40-38-36-34-21-19-17-15-13-11-9-7-2/h8,10,14,16,20,22,24-25,27-28,30-31,33,35,39,41,54,58H,6-7,9,11-13,15,17-19,21,23,26,29,32,34,36-38,40,42-53H2,1-5H3/b10-8-,16-14-,22-20-,25-24-,28-27-,31-30-,35-33-,41-39-. The molecule has 0 amide bonds. The van der Waals surface area contributed by atoms with Crippen molar-refractivity contribution in [2.75, 3.05) is 47.5 Å². The quantitative estimate of drug-likeness (QED) is 0.0195. The Balaban J connectivity index is 4.43. The van der Waals surface area contributed by atoms with E-state index in [1.54, 1.807) is 0 Å². The van der Waals surface area contributed by atoms with Gasteiger partial charge in [-0.2, -0.15) is 0 Å². The van der Waals surface area contributed by atoms with E-state index in [1.807, 2.05) is 21.1 Å². The number of rotatable bonds is 47. The van der Waals surface area contributed by atoms with Crippen LogP contribution in [0.2, 0.25) is 0 Å². The molecular formula is C58H97NO8. The summed E-state index contributed by atoms with van der Waals surface area (Å²) in [7, 11) is 5.89. The van der Waals surface area contributed by atoms with E-state index in [0.29, 0.717) is 17.4 Å². The molecule has 0 heterocycles. The Morgan fingerprint density at radius 3 is 1.27 bits per heavy atom. The fourth-order valence-electron chi connectivity index (χ4n) is 6.79. The number of hydrogen-bond donors (Lipinski definition) is 0. The maximum atomic E-state index is 12.8. The van der Waals surface area contributed by atoms with Crippen molar-refractivity contribution in [3.05, 3.63) is 97.2 Å². The zero-order valence-electron chi connectivity index (χ0n) is 43.2. The Morgan fingerprint density at radius 1 is 0.463 bits per heavy atom. The predicted octanol–water partition coefficient (Wildman–Crippen LogP) is 13.7. The second kappa shape index (κ2) is 48.7. The van der Waals surface area contributed by atoms with Crippen LogP contribution in [0.4, 0.5) is 0 Å². The molecule has 0 saturated carbocycles. The molecule has 0 bridgehead atoms. The number of hydrogen-bond acceptors (Lipinski definition) is 8. The van der Waals surface area contributed by atoms with Crippen LogP contribution in [0.3, 0.4) is 0 Å². The highest BCUT2D eigenvalue weighted by atomic mass is 16.7. The van der Waals surface area contributed by atoms with Gasteiger partial charge in [0.2, 0.25) is 0 Å². The fourth-order valence-corrected chi connectivity index (χ4v) is 6.79. The summed E-state index contributed by atoms with van der Waals surface area (Å²) in [6.07, 6.45) is 61.6. The molecule has 9 heteroatoms. The largest absolute Gasteiger partial charge is 0.545 e. The topological polar surface area (TPSA) is 111 Å². The molecule has 0 radical (unpaired) electrons. The van der Waals surface area contributed by atoms with Gasteiger partial charge in [-0.25, -0.2) is 0 Å². The van der Waals surface area contributed by atoms with Crippen molar-refractivity contribution >= 4 is 17.9 Å². The van der Waals surface area contributed by atoms with E-state index in [0.717, 1.165) is 83.5 Å². The van der Waals surface area contributed by atoms with Gasteiger partial charge in [0.05, 0.1) is 40.3 Å². The van der Waals surface area contributed by atoms with Crippen molar-refractivity contribution in [1.29, 1.82) is 0 Å². The minimum atomic E-state index is -1.64. The number of ether oxygens (including phenoxy) is 4. The lowest BCUT2D eigenvalue weighted by atomic mass is 10.0. The minimum Gasteiger partial charge on any atom is -0.545 e. The molecule has 0 aromatic heterocycles. The summed E-state index contributed by atoms with van der Waals surface area (Å²) in [6, 6.07) is 0. The van der Waals surface area contributed by atoms with Crippen LogP contribution >= 0.6 is 0 Å². The molecule has 0 fully saturated rings. The van der Waals surface area contributed by atoms with Crippen LogP contribution in [-0.4, -0.2) is 82.3 Å². The maximum absolute atomic E-state index is 12.8. The third-order valence-corrected chi connectivity index (χ3v) is 10.8. The van der Waals surface area contributed by atoms with E-state index in [-0.39, 0.29) is 38.6 Å². The van der Waals surface area contributed by atoms with Gasteiger partial charge in [0, 0.05) is 12.8 Å². The van der Waals surface area contributed by atoms with Crippen molar-refractivity contribution in [3.63, 3.8) is 0 Å². The first-order chi connectivity index (χ1) is 32.6. The van der Waals surface area contributed by atoms with E-state index in [9.17, 15) is 19.5 Å². The number of unbranched alkanes of at least 4 members (excludes halogenated alkanes) is 16. The number of esters is 2. The van der Waals surface area contributed by atoms with Gasteiger partial charge in [0.1, 0.15) is 13.2 Å². The molecule has 2 atom stereocenters. The summed E-state index contributed by atoms with van der Waals surface area (Å²) in [4.78, 5) is 37.1. The molecule has 382 valence electrons. The minimum absolute atomic E-state index is 0.135. The van der Waals surface area contributed by atoms with Crippen LogP contribution in [0.25, 0.3) is 0 Å². The van der Waals surface area contributed by atoms with Crippen LogP contribution in [0, 0.1) is 0 Å². The van der Waals surface area contributed by atoms with Gasteiger partial charge in [-0.05, 0) is 77.0 Å². The third kappa shape index (κ3) is 49.9. The van der Waals surface area contributed by atoms with E-state index >= 15 is 0 Å². The predicted molar refractivity (Wildman–Crippen MR) is 278 cm³/mol. The number of allylic oxidation sites excluding steroid dienone is 16. The number of carbonyl (C=O) groups is 3. The smallest absolute Gasteiger partial charge is 0.306 e. The molecule has 2 unspecified atom stereocenters. The normalized spacial score (nSPS) is 13.6. The number of carboxylic acids is 1. The summed E-state index contributed by atoms with van der Waals surface area (Å²) in [5.41, 5.74) is 0. The molecular weight excluding hydrogens is 839 g/mol. The van der Waals surface area contributed by atoms with Crippen LogP contribution in [0.5, 0.6) is 0 Å². The highest BCUT2D eigenvalue weighted by Crippen LogP contribution is 2.15. The highest BCUT2D eigenvalue weighted by Gasteiger charge is 2.21. The summed E-state index contributed by atoms with van der Waals surface area (Å²) in [5, 5.41) is 11.7. The summed E-state index contributed by atoms with van der Waals surface area (Å²) in [5.74, 6) is -2.35. The molecule has 0 saturated heterocycles. The molecule has 0 rings (SSSR count). The van der Waals surface area contributed by atoms with Crippen LogP contribution in [-0.2, 0) is 33.3 Å². The Bertz CT molecular complexity index is 1420. The summed E-state index contributed by atoms with van der Waals surface area (Å²) < 4.78 is 22.6. The van der Waals surface area contributed by atoms with Gasteiger partial charge in [0.25, 0.3) is 0 Å². The first-order valence-electron chi connectivity index (χ1n) is 26.4. The van der Waals surface area contributed by atoms with Crippen LogP contribution < -0.4 is 5.11 Å². The van der Waals surface area contributed by atoms with Gasteiger partial charge in [-0.15, -0.1) is 0 Å². The summed E-state index contributed by atoms with van der Waals surface area (Å²) in [6.45, 7) is 4.57. The Hall–Kier alpha value is -3.79. The van der Waals surface area contributed by atoms with Crippen molar-refractivity contribution in [2.24, 2.45) is 0 Å². The first-order valence-corrected chi connectivity index (χ1v) is 26.4. The molecule has 0 N–H and O–H groups in total. The Morgan fingerprint density at radius 2 is 0.851 bits per heavy atom. The Labute approximate surface area is 410 Å². The lowest BCUT2D eigenvalue weighted by Crippen LogP contribution is -2.44. The number of carboxylic acid groups (broad SMARTS) is 1. The van der Waals surface area contributed by atoms with E-state index in [1.165, 1.54) is 77.0 Å². The van der Waals surface area contributed by atoms with E-state index < -0.39 is 24.3 Å². The number of carbonyl (C=O) groups excluding carboxylic acids is 3.